The Hall–Kier alpha value is -2.68. The van der Waals surface area contributed by atoms with E-state index in [4.69, 9.17) is 4.74 Å². The van der Waals surface area contributed by atoms with Gasteiger partial charge in [0.15, 0.2) is 11.6 Å². The molecule has 0 bridgehead atoms. The van der Waals surface area contributed by atoms with E-state index in [1.807, 2.05) is 0 Å². The number of benzene rings is 2. The molecule has 0 aliphatic rings. The molecular formula is C16H15F2NO5S. The Kier molecular flexibility index (Phi) is 5.58. The van der Waals surface area contributed by atoms with Crippen LogP contribution in [0.5, 0.6) is 5.75 Å². The molecule has 0 radical (unpaired) electrons. The molecular weight excluding hydrogens is 356 g/mol. The zero-order valence-electron chi connectivity index (χ0n) is 13.4. The molecule has 2 rings (SSSR count). The Bertz CT molecular complexity index is 869. The summed E-state index contributed by atoms with van der Waals surface area (Å²) in [5.74, 6) is -2.41. The lowest BCUT2D eigenvalue weighted by Crippen LogP contribution is -2.36. The number of anilines is 1. The van der Waals surface area contributed by atoms with E-state index in [-0.39, 0.29) is 16.3 Å². The number of rotatable bonds is 6. The predicted molar refractivity (Wildman–Crippen MR) is 85.9 cm³/mol. The summed E-state index contributed by atoms with van der Waals surface area (Å²) >= 11 is 0. The van der Waals surface area contributed by atoms with E-state index in [0.717, 1.165) is 37.4 Å². The number of sulfonamides is 1. The van der Waals surface area contributed by atoms with Crippen molar-refractivity contribution >= 4 is 21.7 Å². The fourth-order valence-corrected chi connectivity index (χ4v) is 3.46. The van der Waals surface area contributed by atoms with Crippen molar-refractivity contribution in [2.45, 2.75) is 4.90 Å². The highest BCUT2D eigenvalue weighted by molar-refractivity contribution is 7.92. The minimum absolute atomic E-state index is 0.0306. The predicted octanol–water partition coefficient (Wildman–Crippen LogP) is 2.34. The molecule has 9 heteroatoms. The summed E-state index contributed by atoms with van der Waals surface area (Å²) in [6, 6.07) is 7.55. The van der Waals surface area contributed by atoms with Gasteiger partial charge in [0.1, 0.15) is 12.4 Å². The first-order valence-electron chi connectivity index (χ1n) is 6.98. The largest absolute Gasteiger partial charge is 0.494 e. The SMILES string of the molecule is COC(=O)CN(c1ccc(F)cc1)S(=O)(=O)c1ccc(OC)c(F)c1. The summed E-state index contributed by atoms with van der Waals surface area (Å²) < 4.78 is 62.6. The van der Waals surface area contributed by atoms with Gasteiger partial charge in [-0.3, -0.25) is 9.10 Å². The Balaban J connectivity index is 2.52. The van der Waals surface area contributed by atoms with Crippen LogP contribution < -0.4 is 9.04 Å². The van der Waals surface area contributed by atoms with Crippen LogP contribution in [0.4, 0.5) is 14.5 Å². The van der Waals surface area contributed by atoms with Crippen LogP contribution in [0.15, 0.2) is 47.4 Å². The van der Waals surface area contributed by atoms with E-state index in [1.165, 1.54) is 19.2 Å². The normalized spacial score (nSPS) is 11.0. The maximum atomic E-state index is 13.9. The average Bonchev–Trinajstić information content (AvgIpc) is 2.60. The van der Waals surface area contributed by atoms with Crippen molar-refractivity contribution in [2.75, 3.05) is 25.1 Å². The van der Waals surface area contributed by atoms with Crippen LogP contribution in [0.25, 0.3) is 0 Å². The molecule has 134 valence electrons. The smallest absolute Gasteiger partial charge is 0.326 e. The zero-order chi connectivity index (χ0) is 18.6. The highest BCUT2D eigenvalue weighted by Crippen LogP contribution is 2.27. The summed E-state index contributed by atoms with van der Waals surface area (Å²) in [4.78, 5) is 11.2. The van der Waals surface area contributed by atoms with Gasteiger partial charge in [0.25, 0.3) is 10.0 Å². The monoisotopic (exact) mass is 371 g/mol. The van der Waals surface area contributed by atoms with Crippen LogP contribution in [0.3, 0.4) is 0 Å². The Labute approximate surface area is 143 Å². The molecule has 0 fully saturated rings. The lowest BCUT2D eigenvalue weighted by atomic mass is 10.3. The van der Waals surface area contributed by atoms with Crippen molar-refractivity contribution in [1.29, 1.82) is 0 Å². The summed E-state index contributed by atoms with van der Waals surface area (Å²) in [7, 11) is -1.96. The van der Waals surface area contributed by atoms with E-state index in [1.54, 1.807) is 0 Å². The number of esters is 1. The maximum Gasteiger partial charge on any atom is 0.326 e. The molecule has 2 aromatic carbocycles. The molecule has 25 heavy (non-hydrogen) atoms. The molecule has 0 atom stereocenters. The molecule has 0 amide bonds. The van der Waals surface area contributed by atoms with Gasteiger partial charge in [0.2, 0.25) is 0 Å². The van der Waals surface area contributed by atoms with Gasteiger partial charge in [0.05, 0.1) is 24.8 Å². The second-order valence-corrected chi connectivity index (χ2v) is 6.72. The Morgan fingerprint density at radius 2 is 1.72 bits per heavy atom. The molecule has 0 saturated heterocycles. The quantitative estimate of drug-likeness (QED) is 0.729. The van der Waals surface area contributed by atoms with Gasteiger partial charge in [-0.1, -0.05) is 0 Å². The van der Waals surface area contributed by atoms with Crippen molar-refractivity contribution in [3.63, 3.8) is 0 Å². The third kappa shape index (κ3) is 4.05. The third-order valence-corrected chi connectivity index (χ3v) is 5.10. The Morgan fingerprint density at radius 1 is 1.08 bits per heavy atom. The van der Waals surface area contributed by atoms with Crippen LogP contribution >= 0.6 is 0 Å². The van der Waals surface area contributed by atoms with Crippen LogP contribution in [0.2, 0.25) is 0 Å². The van der Waals surface area contributed by atoms with Crippen LogP contribution in [0, 0.1) is 11.6 Å². The van der Waals surface area contributed by atoms with Gasteiger partial charge in [0, 0.05) is 0 Å². The molecule has 0 aromatic heterocycles. The lowest BCUT2D eigenvalue weighted by molar-refractivity contribution is -0.138. The number of carbonyl (C=O) groups excluding carboxylic acids is 1. The third-order valence-electron chi connectivity index (χ3n) is 3.33. The number of methoxy groups -OCH3 is 2. The highest BCUT2D eigenvalue weighted by Gasteiger charge is 2.28. The van der Waals surface area contributed by atoms with E-state index in [2.05, 4.69) is 4.74 Å². The van der Waals surface area contributed by atoms with Crippen molar-refractivity contribution in [3.05, 3.63) is 54.1 Å². The Morgan fingerprint density at radius 3 is 2.24 bits per heavy atom. The van der Waals surface area contributed by atoms with Crippen LogP contribution in [0.1, 0.15) is 0 Å². The van der Waals surface area contributed by atoms with Crippen molar-refractivity contribution < 1.29 is 31.5 Å². The molecule has 0 aliphatic carbocycles. The summed E-state index contributed by atoms with van der Waals surface area (Å²) in [5.41, 5.74) is 0.0306. The molecule has 0 unspecified atom stereocenters. The van der Waals surface area contributed by atoms with Gasteiger partial charge < -0.3 is 9.47 Å². The summed E-state index contributed by atoms with van der Waals surface area (Å²) in [6.07, 6.45) is 0. The number of ether oxygens (including phenoxy) is 2. The van der Waals surface area contributed by atoms with Crippen molar-refractivity contribution in [2.24, 2.45) is 0 Å². The fourth-order valence-electron chi connectivity index (χ4n) is 2.04. The molecule has 0 N–H and O–H groups in total. The second-order valence-electron chi connectivity index (χ2n) is 4.86. The molecule has 0 saturated carbocycles. The maximum absolute atomic E-state index is 13.9. The fraction of sp³-hybridized carbons (Fsp3) is 0.188. The zero-order valence-corrected chi connectivity index (χ0v) is 14.2. The van der Waals surface area contributed by atoms with Crippen LogP contribution in [-0.2, 0) is 19.6 Å². The molecule has 0 heterocycles. The van der Waals surface area contributed by atoms with E-state index in [9.17, 15) is 22.0 Å². The standard InChI is InChI=1S/C16H15F2NO5S/c1-23-15-8-7-13(9-14(15)18)25(21,22)19(10-16(20)24-2)12-5-3-11(17)4-6-12/h3-9H,10H2,1-2H3. The molecule has 6 nitrogen and oxygen atoms in total. The van der Waals surface area contributed by atoms with Gasteiger partial charge in [-0.15, -0.1) is 0 Å². The topological polar surface area (TPSA) is 72.9 Å². The molecule has 2 aromatic rings. The second kappa shape index (κ2) is 7.47. The van der Waals surface area contributed by atoms with Gasteiger partial charge in [-0.25, -0.2) is 17.2 Å². The van der Waals surface area contributed by atoms with E-state index < -0.39 is 34.2 Å². The van der Waals surface area contributed by atoms with Gasteiger partial charge >= 0.3 is 5.97 Å². The average molecular weight is 371 g/mol. The van der Waals surface area contributed by atoms with E-state index in [0.29, 0.717) is 4.31 Å². The lowest BCUT2D eigenvalue weighted by Gasteiger charge is -2.23. The molecule has 0 spiro atoms. The van der Waals surface area contributed by atoms with Gasteiger partial charge in [-0.05, 0) is 42.5 Å². The number of hydrogen-bond acceptors (Lipinski definition) is 5. The van der Waals surface area contributed by atoms with E-state index >= 15 is 0 Å². The van der Waals surface area contributed by atoms with Crippen LogP contribution in [-0.4, -0.2) is 35.2 Å². The summed E-state index contributed by atoms with van der Waals surface area (Å²) in [5, 5.41) is 0. The number of carbonyl (C=O) groups is 1. The number of halogens is 2. The molecule has 0 aliphatic heterocycles. The number of hydrogen-bond donors (Lipinski definition) is 0. The minimum atomic E-state index is -4.31. The summed E-state index contributed by atoms with van der Waals surface area (Å²) in [6.45, 7) is -0.655. The number of nitrogens with zero attached hydrogens (tertiary/aromatic N) is 1. The van der Waals surface area contributed by atoms with Crippen molar-refractivity contribution in [3.8, 4) is 5.75 Å². The van der Waals surface area contributed by atoms with Crippen molar-refractivity contribution in [1.82, 2.24) is 0 Å². The first-order chi connectivity index (χ1) is 11.8. The van der Waals surface area contributed by atoms with Gasteiger partial charge in [-0.2, -0.15) is 0 Å². The minimum Gasteiger partial charge on any atom is -0.494 e. The highest BCUT2D eigenvalue weighted by atomic mass is 32.2. The first-order valence-corrected chi connectivity index (χ1v) is 8.42. The first kappa shape index (κ1) is 18.7.